The Labute approximate surface area is 100 Å². The minimum absolute atomic E-state index is 0.138. The number of nitrogen functional groups attached to an aromatic ring is 1. The molecule has 0 spiro atoms. The lowest BCUT2D eigenvalue weighted by molar-refractivity contribution is 0.0762. The zero-order valence-corrected chi connectivity index (χ0v) is 10.6. The molecule has 0 atom stereocenters. The van der Waals surface area contributed by atoms with Gasteiger partial charge in [-0.2, -0.15) is 0 Å². The molecule has 1 amide bonds. The number of hydrogen-bond donors (Lipinski definition) is 1. The fraction of sp³-hybridized carbons (Fsp3) is 0.583. The summed E-state index contributed by atoms with van der Waals surface area (Å²) in [5.41, 5.74) is 6.51. The van der Waals surface area contributed by atoms with Crippen LogP contribution in [0.5, 0.6) is 0 Å². The first kappa shape index (κ1) is 11.5. The normalized spacial score (nSPS) is 15.1. The maximum absolute atomic E-state index is 12.2. The summed E-state index contributed by atoms with van der Waals surface area (Å²) in [6.45, 7) is 5.68. The minimum atomic E-state index is 0.138. The van der Waals surface area contributed by atoms with E-state index in [4.69, 9.17) is 5.73 Å². The smallest absolute Gasteiger partial charge is 0.264 e. The molecule has 0 aliphatic heterocycles. The van der Waals surface area contributed by atoms with Gasteiger partial charge in [0, 0.05) is 23.7 Å². The number of carbonyl (C=O) groups excluding carboxylic acids is 1. The van der Waals surface area contributed by atoms with Crippen LogP contribution >= 0.6 is 11.3 Å². The summed E-state index contributed by atoms with van der Waals surface area (Å²) < 4.78 is 0. The van der Waals surface area contributed by atoms with Gasteiger partial charge < -0.3 is 10.6 Å². The van der Waals surface area contributed by atoms with Gasteiger partial charge in [0.25, 0.3) is 5.91 Å². The molecule has 0 bridgehead atoms. The van der Waals surface area contributed by atoms with Crippen LogP contribution in [0.15, 0.2) is 6.07 Å². The van der Waals surface area contributed by atoms with Crippen LogP contribution in [0, 0.1) is 12.8 Å². The summed E-state index contributed by atoms with van der Waals surface area (Å²) >= 11 is 1.50. The van der Waals surface area contributed by atoms with E-state index in [-0.39, 0.29) is 5.91 Å². The lowest BCUT2D eigenvalue weighted by Crippen LogP contribution is -2.32. The predicted molar refractivity (Wildman–Crippen MR) is 67.8 cm³/mol. The van der Waals surface area contributed by atoms with E-state index in [1.807, 2.05) is 18.7 Å². The van der Waals surface area contributed by atoms with Gasteiger partial charge in [-0.05, 0) is 38.7 Å². The average Bonchev–Trinajstić information content (AvgIpc) is 3.01. The first-order valence-electron chi connectivity index (χ1n) is 5.77. The summed E-state index contributed by atoms with van der Waals surface area (Å²) in [6, 6.07) is 1.80. The number of hydrogen-bond acceptors (Lipinski definition) is 3. The second-order valence-corrected chi connectivity index (χ2v) is 5.67. The molecular formula is C12H18N2OS. The van der Waals surface area contributed by atoms with Crippen molar-refractivity contribution < 1.29 is 4.79 Å². The molecule has 1 aromatic rings. The van der Waals surface area contributed by atoms with Crippen molar-refractivity contribution in [2.24, 2.45) is 5.92 Å². The number of nitrogens with two attached hydrogens (primary N) is 1. The summed E-state index contributed by atoms with van der Waals surface area (Å²) in [7, 11) is 0. The molecule has 3 nitrogen and oxygen atoms in total. The van der Waals surface area contributed by atoms with E-state index in [9.17, 15) is 4.79 Å². The monoisotopic (exact) mass is 238 g/mol. The van der Waals surface area contributed by atoms with Gasteiger partial charge in [-0.3, -0.25) is 4.79 Å². The zero-order valence-electron chi connectivity index (χ0n) is 9.82. The van der Waals surface area contributed by atoms with E-state index < -0.39 is 0 Å². The lowest BCUT2D eigenvalue weighted by atomic mass is 10.3. The van der Waals surface area contributed by atoms with Crippen molar-refractivity contribution in [1.29, 1.82) is 0 Å². The van der Waals surface area contributed by atoms with Crippen molar-refractivity contribution >= 4 is 22.9 Å². The topological polar surface area (TPSA) is 46.3 Å². The van der Waals surface area contributed by atoms with Gasteiger partial charge in [0.2, 0.25) is 0 Å². The van der Waals surface area contributed by atoms with E-state index >= 15 is 0 Å². The van der Waals surface area contributed by atoms with E-state index in [1.165, 1.54) is 24.2 Å². The second kappa shape index (κ2) is 4.45. The standard InChI is InChI=1S/C12H18N2OS/c1-3-14(7-9-4-5-9)12(15)11-6-10(13)8(2)16-11/h6,9H,3-5,7,13H2,1-2H3. The van der Waals surface area contributed by atoms with E-state index in [1.54, 1.807) is 6.07 Å². The molecule has 1 heterocycles. The Kier molecular flexibility index (Phi) is 3.19. The quantitative estimate of drug-likeness (QED) is 0.876. The van der Waals surface area contributed by atoms with Crippen LogP contribution < -0.4 is 5.73 Å². The molecule has 1 aliphatic rings. The van der Waals surface area contributed by atoms with E-state index in [2.05, 4.69) is 0 Å². The van der Waals surface area contributed by atoms with Crippen LogP contribution in [-0.2, 0) is 0 Å². The highest BCUT2D eigenvalue weighted by Crippen LogP contribution is 2.31. The number of rotatable bonds is 4. The van der Waals surface area contributed by atoms with Crippen LogP contribution in [0.1, 0.15) is 34.3 Å². The highest BCUT2D eigenvalue weighted by atomic mass is 32.1. The van der Waals surface area contributed by atoms with Crippen LogP contribution in [-0.4, -0.2) is 23.9 Å². The van der Waals surface area contributed by atoms with Crippen molar-refractivity contribution in [2.75, 3.05) is 18.8 Å². The molecule has 1 fully saturated rings. The first-order valence-corrected chi connectivity index (χ1v) is 6.58. The molecular weight excluding hydrogens is 220 g/mol. The number of aryl methyl sites for hydroxylation is 1. The van der Waals surface area contributed by atoms with Crippen LogP contribution in [0.2, 0.25) is 0 Å². The zero-order chi connectivity index (χ0) is 11.7. The molecule has 4 heteroatoms. The third kappa shape index (κ3) is 2.38. The Bertz CT molecular complexity index is 376. The Balaban J connectivity index is 2.08. The summed E-state index contributed by atoms with van der Waals surface area (Å²) in [5.74, 6) is 0.876. The first-order chi connectivity index (χ1) is 7.61. The van der Waals surface area contributed by atoms with E-state index in [0.717, 1.165) is 34.4 Å². The third-order valence-electron chi connectivity index (χ3n) is 3.01. The Morgan fingerprint density at radius 2 is 2.31 bits per heavy atom. The number of anilines is 1. The molecule has 2 rings (SSSR count). The Morgan fingerprint density at radius 1 is 1.62 bits per heavy atom. The maximum Gasteiger partial charge on any atom is 0.264 e. The molecule has 88 valence electrons. The lowest BCUT2D eigenvalue weighted by Gasteiger charge is -2.19. The fourth-order valence-corrected chi connectivity index (χ4v) is 2.63. The highest BCUT2D eigenvalue weighted by Gasteiger charge is 2.27. The molecule has 16 heavy (non-hydrogen) atoms. The maximum atomic E-state index is 12.2. The molecule has 0 aromatic carbocycles. The van der Waals surface area contributed by atoms with Crippen LogP contribution in [0.25, 0.3) is 0 Å². The Hall–Kier alpha value is -1.03. The minimum Gasteiger partial charge on any atom is -0.398 e. The van der Waals surface area contributed by atoms with Crippen molar-refractivity contribution in [2.45, 2.75) is 26.7 Å². The molecule has 1 aromatic heterocycles. The van der Waals surface area contributed by atoms with Crippen molar-refractivity contribution in [1.82, 2.24) is 4.90 Å². The van der Waals surface area contributed by atoms with E-state index in [0.29, 0.717) is 0 Å². The number of amides is 1. The fourth-order valence-electron chi connectivity index (χ4n) is 1.73. The van der Waals surface area contributed by atoms with Gasteiger partial charge in [-0.25, -0.2) is 0 Å². The molecule has 1 aliphatic carbocycles. The van der Waals surface area contributed by atoms with Crippen LogP contribution in [0.4, 0.5) is 5.69 Å². The predicted octanol–water partition coefficient (Wildman–Crippen LogP) is 2.51. The average molecular weight is 238 g/mol. The van der Waals surface area contributed by atoms with Gasteiger partial charge in [-0.1, -0.05) is 0 Å². The van der Waals surface area contributed by atoms with Gasteiger partial charge in [0.05, 0.1) is 4.88 Å². The van der Waals surface area contributed by atoms with Gasteiger partial charge in [0.1, 0.15) is 0 Å². The molecule has 1 saturated carbocycles. The van der Waals surface area contributed by atoms with Gasteiger partial charge in [0.15, 0.2) is 0 Å². The third-order valence-corrected chi connectivity index (χ3v) is 4.07. The van der Waals surface area contributed by atoms with Crippen molar-refractivity contribution in [3.63, 3.8) is 0 Å². The van der Waals surface area contributed by atoms with Crippen molar-refractivity contribution in [3.8, 4) is 0 Å². The summed E-state index contributed by atoms with van der Waals surface area (Å²) in [4.78, 5) is 15.9. The second-order valence-electron chi connectivity index (χ2n) is 4.41. The number of thiophene rings is 1. The van der Waals surface area contributed by atoms with Crippen molar-refractivity contribution in [3.05, 3.63) is 15.8 Å². The highest BCUT2D eigenvalue weighted by molar-refractivity contribution is 7.14. The summed E-state index contributed by atoms with van der Waals surface area (Å²) in [6.07, 6.45) is 2.55. The molecule has 2 N–H and O–H groups in total. The largest absolute Gasteiger partial charge is 0.398 e. The SMILES string of the molecule is CCN(CC1CC1)C(=O)c1cc(N)c(C)s1. The molecule has 0 radical (unpaired) electrons. The number of nitrogens with zero attached hydrogens (tertiary/aromatic N) is 1. The number of carbonyl (C=O) groups is 1. The van der Waals surface area contributed by atoms with Gasteiger partial charge in [-0.15, -0.1) is 11.3 Å². The Morgan fingerprint density at radius 3 is 2.75 bits per heavy atom. The molecule has 0 saturated heterocycles. The van der Waals surface area contributed by atoms with Gasteiger partial charge >= 0.3 is 0 Å². The summed E-state index contributed by atoms with van der Waals surface area (Å²) in [5, 5.41) is 0. The molecule has 0 unspecified atom stereocenters. The van der Waals surface area contributed by atoms with Crippen LogP contribution in [0.3, 0.4) is 0 Å².